The minimum Gasteiger partial charge on any atom is -0.378 e. The summed E-state index contributed by atoms with van der Waals surface area (Å²) in [6, 6.07) is 7.29. The number of hydrazine groups is 1. The molecule has 1 unspecified atom stereocenters. The molecule has 0 bridgehead atoms. The monoisotopic (exact) mass is 290 g/mol. The molecule has 1 atom stereocenters. The van der Waals surface area contributed by atoms with E-state index in [-0.39, 0.29) is 12.3 Å². The zero-order chi connectivity index (χ0) is 15.6. The predicted octanol–water partition coefficient (Wildman–Crippen LogP) is 0.201. The van der Waals surface area contributed by atoms with Crippen LogP contribution in [0.4, 0.5) is 11.4 Å². The van der Waals surface area contributed by atoms with Gasteiger partial charge in [0.25, 0.3) is 11.8 Å². The first-order valence-electron chi connectivity index (χ1n) is 6.54. The zero-order valence-corrected chi connectivity index (χ0v) is 12.2. The molecule has 1 fully saturated rings. The maximum Gasteiger partial charge on any atom is 0.253 e. The van der Waals surface area contributed by atoms with Crippen molar-refractivity contribution < 1.29 is 14.4 Å². The third kappa shape index (κ3) is 3.31. The molecular weight excluding hydrogens is 272 g/mol. The highest BCUT2D eigenvalue weighted by atomic mass is 16.2. The normalized spacial score (nSPS) is 17.7. The standard InChI is InChI=1S/C14H18N4O3/c1-17(2)10-6-4-9(5-7-10)15-12(19)8-11-13(20)16-18(3)14(11)21/h4-7,11H,8H2,1-3H3,(H,15,19)(H,16,20). The number of rotatable bonds is 4. The lowest BCUT2D eigenvalue weighted by atomic mass is 10.0. The Kier molecular flexibility index (Phi) is 4.11. The molecule has 112 valence electrons. The van der Waals surface area contributed by atoms with Crippen molar-refractivity contribution in [2.75, 3.05) is 31.4 Å². The van der Waals surface area contributed by atoms with E-state index in [1.807, 2.05) is 31.1 Å². The molecule has 1 saturated heterocycles. The van der Waals surface area contributed by atoms with E-state index in [4.69, 9.17) is 0 Å². The highest BCUT2D eigenvalue weighted by Crippen LogP contribution is 2.18. The van der Waals surface area contributed by atoms with Gasteiger partial charge in [0, 0.05) is 38.9 Å². The molecule has 0 saturated carbocycles. The van der Waals surface area contributed by atoms with Crippen molar-refractivity contribution in [1.82, 2.24) is 10.4 Å². The molecule has 2 rings (SSSR count). The van der Waals surface area contributed by atoms with Crippen LogP contribution in [-0.4, -0.2) is 43.9 Å². The van der Waals surface area contributed by atoms with E-state index in [0.717, 1.165) is 10.7 Å². The Labute approximate surface area is 122 Å². The van der Waals surface area contributed by atoms with E-state index in [1.165, 1.54) is 7.05 Å². The first-order chi connectivity index (χ1) is 9.88. The van der Waals surface area contributed by atoms with Crippen LogP contribution in [0.1, 0.15) is 6.42 Å². The van der Waals surface area contributed by atoms with Gasteiger partial charge < -0.3 is 10.2 Å². The molecule has 1 aliphatic heterocycles. The van der Waals surface area contributed by atoms with Gasteiger partial charge in [0.2, 0.25) is 5.91 Å². The van der Waals surface area contributed by atoms with Crippen LogP contribution in [-0.2, 0) is 14.4 Å². The minimum absolute atomic E-state index is 0.162. The van der Waals surface area contributed by atoms with Crippen molar-refractivity contribution in [2.24, 2.45) is 5.92 Å². The fraction of sp³-hybridized carbons (Fsp3) is 0.357. The number of amides is 3. The van der Waals surface area contributed by atoms with Gasteiger partial charge in [-0.15, -0.1) is 0 Å². The Balaban J connectivity index is 1.96. The first-order valence-corrected chi connectivity index (χ1v) is 6.54. The largest absolute Gasteiger partial charge is 0.378 e. The number of benzene rings is 1. The third-order valence-electron chi connectivity index (χ3n) is 3.28. The van der Waals surface area contributed by atoms with Crippen LogP contribution in [0.5, 0.6) is 0 Å². The Morgan fingerprint density at radius 1 is 1.29 bits per heavy atom. The molecule has 7 heteroatoms. The fourth-order valence-corrected chi connectivity index (χ4v) is 2.06. The second-order valence-corrected chi connectivity index (χ2v) is 5.12. The molecule has 1 heterocycles. The molecule has 3 amide bonds. The van der Waals surface area contributed by atoms with E-state index in [9.17, 15) is 14.4 Å². The molecule has 0 aliphatic carbocycles. The lowest BCUT2D eigenvalue weighted by Gasteiger charge is -2.13. The molecule has 7 nitrogen and oxygen atoms in total. The molecule has 0 spiro atoms. The van der Waals surface area contributed by atoms with Gasteiger partial charge in [0.1, 0.15) is 5.92 Å². The molecule has 2 N–H and O–H groups in total. The van der Waals surface area contributed by atoms with Crippen LogP contribution in [0.2, 0.25) is 0 Å². The van der Waals surface area contributed by atoms with Gasteiger partial charge in [0.15, 0.2) is 0 Å². The summed E-state index contributed by atoms with van der Waals surface area (Å²) >= 11 is 0. The van der Waals surface area contributed by atoms with Crippen LogP contribution >= 0.6 is 0 Å². The van der Waals surface area contributed by atoms with E-state index in [2.05, 4.69) is 10.7 Å². The summed E-state index contributed by atoms with van der Waals surface area (Å²) in [5.74, 6) is -2.15. The number of carbonyl (C=O) groups excluding carboxylic acids is 3. The molecule has 1 aromatic rings. The molecule has 0 radical (unpaired) electrons. The molecule has 21 heavy (non-hydrogen) atoms. The Morgan fingerprint density at radius 2 is 1.90 bits per heavy atom. The fourth-order valence-electron chi connectivity index (χ4n) is 2.06. The van der Waals surface area contributed by atoms with E-state index in [0.29, 0.717) is 5.69 Å². The summed E-state index contributed by atoms with van der Waals surface area (Å²) in [5, 5.41) is 3.79. The van der Waals surface area contributed by atoms with E-state index in [1.54, 1.807) is 12.1 Å². The predicted molar refractivity (Wildman–Crippen MR) is 78.4 cm³/mol. The average Bonchev–Trinajstić information content (AvgIpc) is 2.66. The van der Waals surface area contributed by atoms with Crippen LogP contribution in [0.15, 0.2) is 24.3 Å². The van der Waals surface area contributed by atoms with Crippen molar-refractivity contribution in [3.63, 3.8) is 0 Å². The molecule has 1 aromatic carbocycles. The quantitative estimate of drug-likeness (QED) is 0.776. The van der Waals surface area contributed by atoms with Crippen LogP contribution in [0.3, 0.4) is 0 Å². The third-order valence-corrected chi connectivity index (χ3v) is 3.28. The molecule has 1 aliphatic rings. The van der Waals surface area contributed by atoms with Crippen molar-refractivity contribution in [3.8, 4) is 0 Å². The van der Waals surface area contributed by atoms with Crippen LogP contribution in [0.25, 0.3) is 0 Å². The van der Waals surface area contributed by atoms with Crippen molar-refractivity contribution in [2.45, 2.75) is 6.42 Å². The Morgan fingerprint density at radius 3 is 2.38 bits per heavy atom. The van der Waals surface area contributed by atoms with Gasteiger partial charge in [-0.2, -0.15) is 0 Å². The number of hydrogen-bond donors (Lipinski definition) is 2. The smallest absolute Gasteiger partial charge is 0.253 e. The summed E-state index contributed by atoms with van der Waals surface area (Å²) in [4.78, 5) is 37.1. The lowest BCUT2D eigenvalue weighted by Crippen LogP contribution is -2.31. The van der Waals surface area contributed by atoms with Crippen molar-refractivity contribution >= 4 is 29.1 Å². The van der Waals surface area contributed by atoms with Crippen molar-refractivity contribution in [3.05, 3.63) is 24.3 Å². The summed E-state index contributed by atoms with van der Waals surface area (Å²) < 4.78 is 0. The summed E-state index contributed by atoms with van der Waals surface area (Å²) in [6.07, 6.45) is -0.162. The maximum absolute atomic E-state index is 11.9. The topological polar surface area (TPSA) is 81.8 Å². The first kappa shape index (κ1) is 14.8. The number of nitrogens with zero attached hydrogens (tertiary/aromatic N) is 2. The Hall–Kier alpha value is -2.57. The second kappa shape index (κ2) is 5.82. The van der Waals surface area contributed by atoms with Crippen LogP contribution in [0, 0.1) is 5.92 Å². The van der Waals surface area contributed by atoms with Crippen LogP contribution < -0.4 is 15.6 Å². The second-order valence-electron chi connectivity index (χ2n) is 5.12. The van der Waals surface area contributed by atoms with Gasteiger partial charge in [-0.1, -0.05) is 0 Å². The van der Waals surface area contributed by atoms with E-state index < -0.39 is 17.7 Å². The number of hydrogen-bond acceptors (Lipinski definition) is 4. The summed E-state index contributed by atoms with van der Waals surface area (Å²) in [7, 11) is 5.31. The van der Waals surface area contributed by atoms with Gasteiger partial charge in [-0.3, -0.25) is 24.8 Å². The number of nitrogens with one attached hydrogen (secondary N) is 2. The van der Waals surface area contributed by atoms with Gasteiger partial charge in [-0.25, -0.2) is 0 Å². The lowest BCUT2D eigenvalue weighted by molar-refractivity contribution is -0.134. The average molecular weight is 290 g/mol. The minimum atomic E-state index is -0.948. The molecular formula is C14H18N4O3. The van der Waals surface area contributed by atoms with Gasteiger partial charge in [0.05, 0.1) is 0 Å². The molecule has 0 aromatic heterocycles. The maximum atomic E-state index is 11.9. The van der Waals surface area contributed by atoms with Crippen molar-refractivity contribution in [1.29, 1.82) is 0 Å². The summed E-state index contributed by atoms with van der Waals surface area (Å²) in [6.45, 7) is 0. The number of carbonyl (C=O) groups is 3. The van der Waals surface area contributed by atoms with Gasteiger partial charge >= 0.3 is 0 Å². The highest BCUT2D eigenvalue weighted by molar-refractivity contribution is 6.08. The van der Waals surface area contributed by atoms with E-state index >= 15 is 0 Å². The summed E-state index contributed by atoms with van der Waals surface area (Å²) in [5.41, 5.74) is 4.01. The SMILES string of the molecule is CN1NC(=O)C(CC(=O)Nc2ccc(N(C)C)cc2)C1=O. The number of anilines is 2. The highest BCUT2D eigenvalue weighted by Gasteiger charge is 2.38. The van der Waals surface area contributed by atoms with Gasteiger partial charge in [-0.05, 0) is 24.3 Å². The Bertz CT molecular complexity index is 568. The zero-order valence-electron chi connectivity index (χ0n) is 12.2.